The van der Waals surface area contributed by atoms with Crippen molar-refractivity contribution in [3.05, 3.63) is 27.9 Å². The lowest BCUT2D eigenvalue weighted by atomic mass is 9.99. The predicted octanol–water partition coefficient (Wildman–Crippen LogP) is 2.35. The molecule has 1 heterocycles. The normalized spacial score (nSPS) is 17.9. The van der Waals surface area contributed by atoms with Crippen LogP contribution in [0.1, 0.15) is 56.0 Å². The topological polar surface area (TPSA) is 55.0 Å². The van der Waals surface area contributed by atoms with Gasteiger partial charge in [-0.25, -0.2) is 4.98 Å². The molecular formula is C13H20N2O2. The van der Waals surface area contributed by atoms with Crippen molar-refractivity contribution >= 4 is 0 Å². The van der Waals surface area contributed by atoms with E-state index in [0.29, 0.717) is 12.5 Å². The van der Waals surface area contributed by atoms with Crippen molar-refractivity contribution in [3.8, 4) is 0 Å². The van der Waals surface area contributed by atoms with E-state index < -0.39 is 0 Å². The van der Waals surface area contributed by atoms with Crippen molar-refractivity contribution in [1.29, 1.82) is 0 Å². The summed E-state index contributed by atoms with van der Waals surface area (Å²) in [4.78, 5) is 19.0. The first-order valence-electron chi connectivity index (χ1n) is 6.38. The first kappa shape index (κ1) is 12.3. The smallest absolute Gasteiger partial charge is 0.251 e. The van der Waals surface area contributed by atoms with Crippen LogP contribution in [0.5, 0.6) is 0 Å². The summed E-state index contributed by atoms with van der Waals surface area (Å²) in [5, 5.41) is 0. The fraction of sp³-hybridized carbons (Fsp3) is 0.692. The minimum atomic E-state index is -0.0636. The standard InChI is InChI=1S/C13H20N2O2/c1-17-9-11-8-12(16)15-13(14-11)10-6-4-2-3-5-7-10/h8,10H,2-7,9H2,1H3,(H,14,15,16). The molecule has 0 saturated heterocycles. The van der Waals surface area contributed by atoms with E-state index in [1.807, 2.05) is 0 Å². The largest absolute Gasteiger partial charge is 0.378 e. The average Bonchev–Trinajstić information content (AvgIpc) is 2.57. The molecule has 0 bridgehead atoms. The van der Waals surface area contributed by atoms with Gasteiger partial charge in [0.15, 0.2) is 0 Å². The van der Waals surface area contributed by atoms with E-state index >= 15 is 0 Å². The third-order valence-electron chi connectivity index (χ3n) is 3.35. The first-order chi connectivity index (χ1) is 8.29. The van der Waals surface area contributed by atoms with Crippen molar-refractivity contribution in [2.45, 2.75) is 51.0 Å². The van der Waals surface area contributed by atoms with Crippen LogP contribution in [0, 0.1) is 0 Å². The van der Waals surface area contributed by atoms with Crippen LogP contribution in [-0.4, -0.2) is 17.1 Å². The minimum Gasteiger partial charge on any atom is -0.378 e. The van der Waals surface area contributed by atoms with Gasteiger partial charge in [-0.2, -0.15) is 0 Å². The number of hydrogen-bond acceptors (Lipinski definition) is 3. The van der Waals surface area contributed by atoms with Gasteiger partial charge in [0.2, 0.25) is 0 Å². The molecule has 0 aromatic carbocycles. The monoisotopic (exact) mass is 236 g/mol. The van der Waals surface area contributed by atoms with Gasteiger partial charge in [0.05, 0.1) is 12.3 Å². The lowest BCUT2D eigenvalue weighted by molar-refractivity contribution is 0.181. The van der Waals surface area contributed by atoms with Crippen LogP contribution < -0.4 is 5.56 Å². The summed E-state index contributed by atoms with van der Waals surface area (Å²) in [6, 6.07) is 1.52. The van der Waals surface area contributed by atoms with Crippen LogP contribution in [0.3, 0.4) is 0 Å². The Hall–Kier alpha value is -1.16. The molecule has 94 valence electrons. The molecule has 0 atom stereocenters. The van der Waals surface area contributed by atoms with E-state index in [0.717, 1.165) is 24.4 Å². The fourth-order valence-electron chi connectivity index (χ4n) is 2.50. The Morgan fingerprint density at radius 2 is 2.06 bits per heavy atom. The maximum atomic E-state index is 11.6. The van der Waals surface area contributed by atoms with Crippen LogP contribution in [0.2, 0.25) is 0 Å². The Bertz CT molecular complexity index is 406. The summed E-state index contributed by atoms with van der Waals surface area (Å²) in [6.45, 7) is 0.406. The van der Waals surface area contributed by atoms with E-state index in [1.165, 1.54) is 31.7 Å². The molecule has 1 aliphatic carbocycles. The SMILES string of the molecule is COCc1cc(=O)[nH]c(C2CCCCCC2)n1. The lowest BCUT2D eigenvalue weighted by Gasteiger charge is -2.13. The molecule has 0 unspecified atom stereocenters. The zero-order valence-corrected chi connectivity index (χ0v) is 10.4. The number of nitrogens with zero attached hydrogens (tertiary/aromatic N) is 1. The number of H-pyrrole nitrogens is 1. The molecule has 2 rings (SSSR count). The Balaban J connectivity index is 2.20. The van der Waals surface area contributed by atoms with E-state index in [-0.39, 0.29) is 5.56 Å². The van der Waals surface area contributed by atoms with Gasteiger partial charge in [-0.15, -0.1) is 0 Å². The zero-order valence-electron chi connectivity index (χ0n) is 10.4. The van der Waals surface area contributed by atoms with E-state index in [2.05, 4.69) is 9.97 Å². The maximum absolute atomic E-state index is 11.6. The summed E-state index contributed by atoms with van der Waals surface area (Å²) in [7, 11) is 1.62. The van der Waals surface area contributed by atoms with Crippen LogP contribution >= 0.6 is 0 Å². The summed E-state index contributed by atoms with van der Waals surface area (Å²) in [6.07, 6.45) is 7.36. The molecule has 4 heteroatoms. The maximum Gasteiger partial charge on any atom is 0.251 e. The Labute approximate surface area is 101 Å². The van der Waals surface area contributed by atoms with Gasteiger partial charge in [-0.3, -0.25) is 4.79 Å². The van der Waals surface area contributed by atoms with Gasteiger partial charge in [0.1, 0.15) is 5.82 Å². The first-order valence-corrected chi connectivity index (χ1v) is 6.38. The molecule has 17 heavy (non-hydrogen) atoms. The second-order valence-corrected chi connectivity index (χ2v) is 4.74. The number of rotatable bonds is 3. The Morgan fingerprint density at radius 1 is 1.35 bits per heavy atom. The molecular weight excluding hydrogens is 216 g/mol. The molecule has 1 aromatic rings. The summed E-state index contributed by atoms with van der Waals surface area (Å²) in [5.74, 6) is 1.27. The number of ether oxygens (including phenoxy) is 1. The minimum absolute atomic E-state index is 0.0636. The van der Waals surface area contributed by atoms with E-state index in [1.54, 1.807) is 7.11 Å². The van der Waals surface area contributed by atoms with Crippen LogP contribution in [0.15, 0.2) is 10.9 Å². The van der Waals surface area contributed by atoms with Gasteiger partial charge < -0.3 is 9.72 Å². The molecule has 0 radical (unpaired) electrons. The van der Waals surface area contributed by atoms with Crippen LogP contribution in [0.4, 0.5) is 0 Å². The number of hydrogen-bond donors (Lipinski definition) is 1. The lowest BCUT2D eigenvalue weighted by Crippen LogP contribution is -2.16. The third kappa shape index (κ3) is 3.40. The summed E-state index contributed by atoms with van der Waals surface area (Å²) in [5.41, 5.74) is 0.668. The van der Waals surface area contributed by atoms with Crippen molar-refractivity contribution in [3.63, 3.8) is 0 Å². The predicted molar refractivity (Wildman–Crippen MR) is 66.0 cm³/mol. The second kappa shape index (κ2) is 5.96. The molecule has 1 fully saturated rings. The highest BCUT2D eigenvalue weighted by Crippen LogP contribution is 2.29. The molecule has 1 N–H and O–H groups in total. The highest BCUT2D eigenvalue weighted by atomic mass is 16.5. The third-order valence-corrected chi connectivity index (χ3v) is 3.35. The Morgan fingerprint density at radius 3 is 2.71 bits per heavy atom. The van der Waals surface area contributed by atoms with Gasteiger partial charge in [0.25, 0.3) is 5.56 Å². The van der Waals surface area contributed by atoms with Crippen LogP contribution in [0.25, 0.3) is 0 Å². The number of nitrogens with one attached hydrogen (secondary N) is 1. The molecule has 0 amide bonds. The number of methoxy groups -OCH3 is 1. The van der Waals surface area contributed by atoms with E-state index in [9.17, 15) is 4.79 Å². The van der Waals surface area contributed by atoms with Gasteiger partial charge in [-0.05, 0) is 12.8 Å². The highest BCUT2D eigenvalue weighted by molar-refractivity contribution is 5.05. The number of aromatic nitrogens is 2. The highest BCUT2D eigenvalue weighted by Gasteiger charge is 2.17. The summed E-state index contributed by atoms with van der Waals surface area (Å²) < 4.78 is 5.03. The van der Waals surface area contributed by atoms with Gasteiger partial charge >= 0.3 is 0 Å². The molecule has 1 aromatic heterocycles. The molecule has 0 aliphatic heterocycles. The average molecular weight is 236 g/mol. The van der Waals surface area contributed by atoms with Crippen LogP contribution in [-0.2, 0) is 11.3 Å². The van der Waals surface area contributed by atoms with E-state index in [4.69, 9.17) is 4.74 Å². The number of aromatic amines is 1. The molecule has 1 aliphatic rings. The molecule has 0 spiro atoms. The summed E-state index contributed by atoms with van der Waals surface area (Å²) >= 11 is 0. The van der Waals surface area contributed by atoms with Crippen molar-refractivity contribution in [2.24, 2.45) is 0 Å². The molecule has 1 saturated carbocycles. The van der Waals surface area contributed by atoms with Crippen molar-refractivity contribution < 1.29 is 4.74 Å². The van der Waals surface area contributed by atoms with Crippen molar-refractivity contribution in [1.82, 2.24) is 9.97 Å². The van der Waals surface area contributed by atoms with Crippen molar-refractivity contribution in [2.75, 3.05) is 7.11 Å². The Kier molecular flexibility index (Phi) is 4.31. The second-order valence-electron chi connectivity index (χ2n) is 4.74. The van der Waals surface area contributed by atoms with Gasteiger partial charge in [0, 0.05) is 19.1 Å². The fourth-order valence-corrected chi connectivity index (χ4v) is 2.50. The van der Waals surface area contributed by atoms with Gasteiger partial charge in [-0.1, -0.05) is 25.7 Å². The zero-order chi connectivity index (χ0) is 12.1. The quantitative estimate of drug-likeness (QED) is 0.820. The molecule has 4 nitrogen and oxygen atoms in total.